The molecule has 0 aliphatic carbocycles. The minimum Gasteiger partial charge on any atom is -0.394 e. The first kappa shape index (κ1) is 18.7. The summed E-state index contributed by atoms with van der Waals surface area (Å²) in [4.78, 5) is 16.8. The van der Waals surface area contributed by atoms with E-state index in [1.165, 1.54) is 12.1 Å². The number of carbonyl (C=O) groups excluding carboxylic acids is 1. The number of aromatic nitrogens is 3. The van der Waals surface area contributed by atoms with Crippen molar-refractivity contribution in [2.24, 2.45) is 5.92 Å². The highest BCUT2D eigenvalue weighted by Gasteiger charge is 2.18. The summed E-state index contributed by atoms with van der Waals surface area (Å²) in [6.45, 7) is 3.70. The molecule has 0 saturated heterocycles. The second kappa shape index (κ2) is 8.09. The number of carbonyl (C=O) groups is 1. The van der Waals surface area contributed by atoms with Crippen molar-refractivity contribution in [3.05, 3.63) is 59.2 Å². The van der Waals surface area contributed by atoms with E-state index in [2.05, 4.69) is 20.5 Å². The molecule has 3 N–H and O–H groups in total. The number of benzene rings is 1. The minimum absolute atomic E-state index is 0.0985. The fourth-order valence-corrected chi connectivity index (χ4v) is 2.61. The van der Waals surface area contributed by atoms with Gasteiger partial charge in [0, 0.05) is 0 Å². The maximum atomic E-state index is 13.3. The van der Waals surface area contributed by atoms with Gasteiger partial charge in [-0.15, -0.1) is 0 Å². The lowest BCUT2D eigenvalue weighted by Crippen LogP contribution is -2.41. The summed E-state index contributed by atoms with van der Waals surface area (Å²) in [5.74, 6) is -0.572. The highest BCUT2D eigenvalue weighted by atomic mass is 19.1. The van der Waals surface area contributed by atoms with E-state index in [0.717, 1.165) is 0 Å². The normalized spacial score (nSPS) is 12.8. The van der Waals surface area contributed by atoms with Crippen molar-refractivity contribution in [1.29, 1.82) is 0 Å². The molecule has 1 aromatic carbocycles. The van der Waals surface area contributed by atoms with Crippen LogP contribution in [0.3, 0.4) is 0 Å². The van der Waals surface area contributed by atoms with Crippen molar-refractivity contribution in [3.63, 3.8) is 0 Å². The van der Waals surface area contributed by atoms with Crippen molar-refractivity contribution in [2.45, 2.75) is 19.9 Å². The number of hydrogen-bond acceptors (Lipinski definition) is 4. The number of aliphatic hydroxyl groups excluding tert-OH is 1. The Bertz CT molecular complexity index is 981. The Morgan fingerprint density at radius 3 is 2.81 bits per heavy atom. The Balaban J connectivity index is 1.86. The van der Waals surface area contributed by atoms with Gasteiger partial charge in [-0.05, 0) is 41.8 Å². The highest BCUT2D eigenvalue weighted by Crippen LogP contribution is 2.17. The monoisotopic (exact) mass is 368 g/mol. The number of nitrogens with zero attached hydrogens (tertiary/aromatic N) is 2. The third-order valence-electron chi connectivity index (χ3n) is 4.27. The fraction of sp³-hybridized carbons (Fsp3) is 0.250. The second-order valence-corrected chi connectivity index (χ2v) is 6.60. The van der Waals surface area contributed by atoms with Gasteiger partial charge in [0.05, 0.1) is 18.2 Å². The van der Waals surface area contributed by atoms with Gasteiger partial charge < -0.3 is 10.4 Å². The SMILES string of the molecule is CC(C)C(CO)NC(=O)c1ccc2[nH]nc(/C=C/c3cccc(F)c3)c2n1. The van der Waals surface area contributed by atoms with E-state index >= 15 is 0 Å². The van der Waals surface area contributed by atoms with E-state index in [1.54, 1.807) is 36.4 Å². The molecule has 0 bridgehead atoms. The fourth-order valence-electron chi connectivity index (χ4n) is 2.61. The van der Waals surface area contributed by atoms with Crippen LogP contribution in [-0.2, 0) is 0 Å². The molecule has 140 valence electrons. The Morgan fingerprint density at radius 2 is 2.11 bits per heavy atom. The number of amides is 1. The number of rotatable bonds is 6. The second-order valence-electron chi connectivity index (χ2n) is 6.60. The van der Waals surface area contributed by atoms with Gasteiger partial charge in [-0.2, -0.15) is 5.10 Å². The lowest BCUT2D eigenvalue weighted by molar-refractivity contribution is 0.0892. The lowest BCUT2D eigenvalue weighted by atomic mass is 10.1. The number of H-pyrrole nitrogens is 1. The first-order valence-corrected chi connectivity index (χ1v) is 8.68. The Morgan fingerprint density at radius 1 is 1.30 bits per heavy atom. The van der Waals surface area contributed by atoms with Crippen molar-refractivity contribution in [1.82, 2.24) is 20.5 Å². The van der Waals surface area contributed by atoms with Crippen molar-refractivity contribution < 1.29 is 14.3 Å². The van der Waals surface area contributed by atoms with E-state index in [4.69, 9.17) is 0 Å². The predicted molar refractivity (Wildman–Crippen MR) is 102 cm³/mol. The first-order valence-electron chi connectivity index (χ1n) is 8.68. The number of hydrogen-bond donors (Lipinski definition) is 3. The molecule has 7 heteroatoms. The van der Waals surface area contributed by atoms with Crippen LogP contribution in [0, 0.1) is 11.7 Å². The van der Waals surface area contributed by atoms with Crippen LogP contribution in [0.25, 0.3) is 23.2 Å². The molecule has 1 atom stereocenters. The van der Waals surface area contributed by atoms with Crippen molar-refractivity contribution in [3.8, 4) is 0 Å². The molecule has 3 rings (SSSR count). The van der Waals surface area contributed by atoms with Crippen LogP contribution in [0.2, 0.25) is 0 Å². The molecule has 0 fully saturated rings. The number of aromatic amines is 1. The van der Waals surface area contributed by atoms with E-state index in [9.17, 15) is 14.3 Å². The molecule has 27 heavy (non-hydrogen) atoms. The summed E-state index contributed by atoms with van der Waals surface area (Å²) in [5, 5.41) is 19.2. The zero-order valence-corrected chi connectivity index (χ0v) is 15.1. The topological polar surface area (TPSA) is 90.9 Å². The molecule has 2 heterocycles. The van der Waals surface area contributed by atoms with Crippen LogP contribution in [-0.4, -0.2) is 38.8 Å². The van der Waals surface area contributed by atoms with Gasteiger partial charge in [0.1, 0.15) is 22.7 Å². The zero-order valence-electron chi connectivity index (χ0n) is 15.1. The first-order chi connectivity index (χ1) is 13.0. The molecule has 3 aromatic rings. The van der Waals surface area contributed by atoms with Crippen LogP contribution in [0.1, 0.15) is 35.6 Å². The Kier molecular flexibility index (Phi) is 5.61. The van der Waals surface area contributed by atoms with Gasteiger partial charge in [-0.25, -0.2) is 9.37 Å². The zero-order chi connectivity index (χ0) is 19.4. The average molecular weight is 368 g/mol. The number of halogens is 1. The van der Waals surface area contributed by atoms with Crippen LogP contribution >= 0.6 is 0 Å². The van der Waals surface area contributed by atoms with Crippen molar-refractivity contribution in [2.75, 3.05) is 6.61 Å². The molecular weight excluding hydrogens is 347 g/mol. The summed E-state index contributed by atoms with van der Waals surface area (Å²) in [6, 6.07) is 9.19. The van der Waals surface area contributed by atoms with Gasteiger partial charge in [-0.3, -0.25) is 9.89 Å². The number of pyridine rings is 1. The van der Waals surface area contributed by atoms with Gasteiger partial charge in [0.2, 0.25) is 0 Å². The largest absolute Gasteiger partial charge is 0.394 e. The Hall–Kier alpha value is -3.06. The summed E-state index contributed by atoms with van der Waals surface area (Å²) in [7, 11) is 0. The van der Waals surface area contributed by atoms with Gasteiger partial charge in [0.15, 0.2) is 0 Å². The summed E-state index contributed by atoms with van der Waals surface area (Å²) in [5.41, 5.74) is 2.71. The number of aliphatic hydroxyl groups is 1. The standard InChI is InChI=1S/C20H21FN4O2/c1-12(2)18(11-26)23-20(27)17-9-8-16-19(22-17)15(24-25-16)7-6-13-4-3-5-14(21)10-13/h3-10,12,18,26H,11H2,1-2H3,(H,23,27)(H,24,25)/b7-6+. The lowest BCUT2D eigenvalue weighted by Gasteiger charge is -2.19. The van der Waals surface area contributed by atoms with E-state index in [0.29, 0.717) is 22.3 Å². The molecule has 1 amide bonds. The molecule has 2 aromatic heterocycles. The smallest absolute Gasteiger partial charge is 0.270 e. The van der Waals surface area contributed by atoms with Crippen LogP contribution in [0.15, 0.2) is 36.4 Å². The maximum Gasteiger partial charge on any atom is 0.270 e. The van der Waals surface area contributed by atoms with Crippen LogP contribution in [0.5, 0.6) is 0 Å². The maximum absolute atomic E-state index is 13.3. The molecule has 0 aliphatic rings. The van der Waals surface area contributed by atoms with Crippen LogP contribution < -0.4 is 5.32 Å². The molecule has 6 nitrogen and oxygen atoms in total. The number of fused-ring (bicyclic) bond motifs is 1. The molecule has 0 aliphatic heterocycles. The van der Waals surface area contributed by atoms with Gasteiger partial charge >= 0.3 is 0 Å². The third kappa shape index (κ3) is 4.38. The van der Waals surface area contributed by atoms with Crippen molar-refractivity contribution >= 4 is 29.1 Å². The molecule has 0 spiro atoms. The molecular formula is C20H21FN4O2. The predicted octanol–water partition coefficient (Wildman–Crippen LogP) is 3.01. The van der Waals surface area contributed by atoms with E-state index < -0.39 is 0 Å². The Labute approximate surface area is 156 Å². The summed E-state index contributed by atoms with van der Waals surface area (Å²) in [6.07, 6.45) is 3.45. The van der Waals surface area contributed by atoms with E-state index in [1.807, 2.05) is 13.8 Å². The molecule has 1 unspecified atom stereocenters. The molecule has 0 saturated carbocycles. The van der Waals surface area contributed by atoms with Crippen LogP contribution in [0.4, 0.5) is 4.39 Å². The summed E-state index contributed by atoms with van der Waals surface area (Å²) >= 11 is 0. The van der Waals surface area contributed by atoms with Gasteiger partial charge in [0.25, 0.3) is 5.91 Å². The number of nitrogens with one attached hydrogen (secondary N) is 2. The highest BCUT2D eigenvalue weighted by molar-refractivity contribution is 5.96. The quantitative estimate of drug-likeness (QED) is 0.624. The third-order valence-corrected chi connectivity index (χ3v) is 4.27. The van der Waals surface area contributed by atoms with Gasteiger partial charge in [-0.1, -0.05) is 32.1 Å². The summed E-state index contributed by atoms with van der Waals surface area (Å²) < 4.78 is 13.3. The van der Waals surface area contributed by atoms with E-state index in [-0.39, 0.29) is 36.0 Å². The molecule has 0 radical (unpaired) electrons. The average Bonchev–Trinajstić information content (AvgIpc) is 3.06. The minimum atomic E-state index is -0.356.